The number of nitrogens with zero attached hydrogens (tertiary/aromatic N) is 2. The summed E-state index contributed by atoms with van der Waals surface area (Å²) in [7, 11) is 1.54. The van der Waals surface area contributed by atoms with Crippen molar-refractivity contribution in [2.24, 2.45) is 5.92 Å². The molecule has 156 valence electrons. The Balaban J connectivity index is 2.08. The predicted octanol–water partition coefficient (Wildman–Crippen LogP) is 3.76. The van der Waals surface area contributed by atoms with Gasteiger partial charge in [-0.05, 0) is 18.6 Å². The Labute approximate surface area is 174 Å². The third-order valence-corrected chi connectivity index (χ3v) is 7.26. The first-order chi connectivity index (χ1) is 13.9. The molecule has 2 aromatic rings. The standard InChI is InChI=1S/C21H28N2O4P2/c1-5-17-15(3)21(6-2,26-14-16-10-8-7-9-11-16)19(27-17)22-13-12-18(24)23(20(22)25)29(4)28/h6-13,15,17,19H,2,5,14,28H2,1,3-4H3/t15-,17-,19-,21-,29?/m1/s1. The van der Waals surface area contributed by atoms with E-state index in [9.17, 15) is 9.59 Å². The average molecular weight is 434 g/mol. The summed E-state index contributed by atoms with van der Waals surface area (Å²) >= 11 is 0. The van der Waals surface area contributed by atoms with Crippen molar-refractivity contribution >= 4 is 16.7 Å². The number of benzene rings is 1. The van der Waals surface area contributed by atoms with Crippen molar-refractivity contribution in [2.45, 2.75) is 44.8 Å². The minimum Gasteiger partial charge on any atom is -0.361 e. The van der Waals surface area contributed by atoms with Gasteiger partial charge in [0.2, 0.25) is 0 Å². The molecule has 1 aliphatic heterocycles. The molecule has 0 N–H and O–H groups in total. The van der Waals surface area contributed by atoms with Gasteiger partial charge in [0.25, 0.3) is 5.56 Å². The molecule has 0 radical (unpaired) electrons. The zero-order valence-corrected chi connectivity index (χ0v) is 19.1. The molecule has 1 saturated heterocycles. The summed E-state index contributed by atoms with van der Waals surface area (Å²) in [5, 5.41) is 0. The van der Waals surface area contributed by atoms with Crippen LogP contribution in [0.1, 0.15) is 32.1 Å². The predicted molar refractivity (Wildman–Crippen MR) is 120 cm³/mol. The van der Waals surface area contributed by atoms with Crippen molar-refractivity contribution in [3.8, 4) is 0 Å². The number of ether oxygens (including phenoxy) is 2. The second-order valence-corrected chi connectivity index (χ2v) is 11.1. The summed E-state index contributed by atoms with van der Waals surface area (Å²) in [5.41, 5.74) is -0.592. The van der Waals surface area contributed by atoms with Crippen LogP contribution in [0.3, 0.4) is 0 Å². The number of hydrogen-bond acceptors (Lipinski definition) is 4. The van der Waals surface area contributed by atoms with Crippen LogP contribution in [0.25, 0.3) is 0 Å². The van der Waals surface area contributed by atoms with Gasteiger partial charge in [0.15, 0.2) is 6.23 Å². The van der Waals surface area contributed by atoms with Crippen LogP contribution in [0.2, 0.25) is 0 Å². The quantitative estimate of drug-likeness (QED) is 0.492. The van der Waals surface area contributed by atoms with E-state index < -0.39 is 25.3 Å². The van der Waals surface area contributed by atoms with Gasteiger partial charge in [0, 0.05) is 25.9 Å². The molecule has 1 aliphatic rings. The Bertz CT molecular complexity index is 973. The van der Waals surface area contributed by atoms with Crippen molar-refractivity contribution in [3.63, 3.8) is 0 Å². The highest BCUT2D eigenvalue weighted by Crippen LogP contribution is 2.47. The van der Waals surface area contributed by atoms with Gasteiger partial charge >= 0.3 is 5.69 Å². The third kappa shape index (κ3) is 4.04. The maximum absolute atomic E-state index is 13.2. The molecule has 2 unspecified atom stereocenters. The number of aromatic nitrogens is 2. The summed E-state index contributed by atoms with van der Waals surface area (Å²) in [6, 6.07) is 11.3. The lowest BCUT2D eigenvalue weighted by atomic mass is 9.85. The molecule has 8 heteroatoms. The van der Waals surface area contributed by atoms with E-state index in [1.165, 1.54) is 21.2 Å². The van der Waals surface area contributed by atoms with Gasteiger partial charge in [-0.3, -0.25) is 9.36 Å². The lowest BCUT2D eigenvalue weighted by Crippen LogP contribution is -2.47. The number of rotatable bonds is 7. The van der Waals surface area contributed by atoms with Gasteiger partial charge in [0.05, 0.1) is 12.7 Å². The first-order valence-corrected chi connectivity index (χ1v) is 13.0. The van der Waals surface area contributed by atoms with E-state index >= 15 is 0 Å². The summed E-state index contributed by atoms with van der Waals surface area (Å²) in [4.78, 5) is 25.4. The molecule has 29 heavy (non-hydrogen) atoms. The van der Waals surface area contributed by atoms with Gasteiger partial charge in [-0.15, -0.1) is 6.58 Å². The van der Waals surface area contributed by atoms with E-state index in [-0.39, 0.29) is 17.6 Å². The molecule has 0 amide bonds. The minimum atomic E-state index is -1.01. The largest absolute Gasteiger partial charge is 0.361 e. The van der Waals surface area contributed by atoms with Crippen molar-refractivity contribution in [2.75, 3.05) is 6.66 Å². The van der Waals surface area contributed by atoms with Crippen LogP contribution in [0.4, 0.5) is 0 Å². The Hall–Kier alpha value is -1.58. The van der Waals surface area contributed by atoms with E-state index in [1.54, 1.807) is 6.08 Å². The lowest BCUT2D eigenvalue weighted by Gasteiger charge is -2.35. The van der Waals surface area contributed by atoms with Gasteiger partial charge in [-0.2, -0.15) is 0 Å². The van der Waals surface area contributed by atoms with E-state index in [2.05, 4.69) is 22.4 Å². The molecule has 0 saturated carbocycles. The van der Waals surface area contributed by atoms with E-state index in [1.807, 2.05) is 43.9 Å². The molecule has 1 aromatic heterocycles. The molecule has 1 aromatic carbocycles. The monoisotopic (exact) mass is 434 g/mol. The van der Waals surface area contributed by atoms with Crippen LogP contribution in [-0.4, -0.2) is 27.3 Å². The molecule has 0 spiro atoms. The highest BCUT2D eigenvalue weighted by Gasteiger charge is 2.54. The van der Waals surface area contributed by atoms with Gasteiger partial charge in [-0.1, -0.05) is 59.2 Å². The van der Waals surface area contributed by atoms with Crippen molar-refractivity contribution in [1.29, 1.82) is 0 Å². The summed E-state index contributed by atoms with van der Waals surface area (Å²) in [6.45, 7) is 10.4. The maximum Gasteiger partial charge on any atom is 0.336 e. The highest BCUT2D eigenvalue weighted by molar-refractivity contribution is 8.12. The molecular formula is C21H28N2O4P2. The first kappa shape index (κ1) is 22.1. The van der Waals surface area contributed by atoms with Crippen molar-refractivity contribution in [1.82, 2.24) is 8.90 Å². The van der Waals surface area contributed by atoms with Gasteiger partial charge < -0.3 is 9.47 Å². The van der Waals surface area contributed by atoms with Crippen LogP contribution in [-0.2, 0) is 16.1 Å². The first-order valence-electron chi connectivity index (χ1n) is 9.65. The van der Waals surface area contributed by atoms with Crippen LogP contribution in [0, 0.1) is 5.92 Å². The maximum atomic E-state index is 13.2. The van der Waals surface area contributed by atoms with E-state index in [0.29, 0.717) is 6.61 Å². The SMILES string of the molecule is C=C[C@@]1(OCc2ccccc2)[C@H](C)[C@@H](CC)O[C@H]1n1ccc(=O)n(P(C)P)c1=O. The second kappa shape index (κ2) is 9.06. The molecular weight excluding hydrogens is 406 g/mol. The molecule has 0 bridgehead atoms. The second-order valence-electron chi connectivity index (χ2n) is 7.29. The van der Waals surface area contributed by atoms with Gasteiger partial charge in [-0.25, -0.2) is 9.13 Å². The molecule has 6 atom stereocenters. The van der Waals surface area contributed by atoms with E-state index in [4.69, 9.17) is 9.47 Å². The fourth-order valence-electron chi connectivity index (χ4n) is 3.92. The van der Waals surface area contributed by atoms with Crippen LogP contribution in [0.5, 0.6) is 0 Å². The summed E-state index contributed by atoms with van der Waals surface area (Å²) in [6.07, 6.45) is 3.23. The Morgan fingerprint density at radius 3 is 2.59 bits per heavy atom. The molecule has 6 nitrogen and oxygen atoms in total. The highest BCUT2D eigenvalue weighted by atomic mass is 32.0. The minimum absolute atomic E-state index is 0.0230. The topological polar surface area (TPSA) is 62.5 Å². The summed E-state index contributed by atoms with van der Waals surface area (Å²) < 4.78 is 15.5. The normalized spacial score (nSPS) is 27.7. The van der Waals surface area contributed by atoms with Crippen LogP contribution < -0.4 is 11.2 Å². The van der Waals surface area contributed by atoms with Crippen LogP contribution in [0.15, 0.2) is 64.8 Å². The fourth-order valence-corrected chi connectivity index (χ4v) is 5.31. The molecule has 3 rings (SSSR count). The fraction of sp³-hybridized carbons (Fsp3) is 0.429. The van der Waals surface area contributed by atoms with Crippen molar-refractivity contribution < 1.29 is 9.47 Å². The molecule has 1 fully saturated rings. The summed E-state index contributed by atoms with van der Waals surface area (Å²) in [5.74, 6) is -0.0230. The zero-order valence-electron chi connectivity index (χ0n) is 17.0. The average Bonchev–Trinajstić information content (AvgIpc) is 2.99. The van der Waals surface area contributed by atoms with Crippen LogP contribution >= 0.6 is 16.7 Å². The van der Waals surface area contributed by atoms with Gasteiger partial charge in [0.1, 0.15) is 5.60 Å². The van der Waals surface area contributed by atoms with Crippen molar-refractivity contribution in [3.05, 3.63) is 81.7 Å². The lowest BCUT2D eigenvalue weighted by molar-refractivity contribution is -0.116. The third-order valence-electron chi connectivity index (χ3n) is 5.57. The smallest absolute Gasteiger partial charge is 0.336 e. The molecule has 2 heterocycles. The molecule has 0 aliphatic carbocycles. The zero-order chi connectivity index (χ0) is 21.2. The Morgan fingerprint density at radius 2 is 2.00 bits per heavy atom. The Morgan fingerprint density at radius 1 is 1.31 bits per heavy atom. The number of hydrogen-bond donors (Lipinski definition) is 0. The Kier molecular flexibility index (Phi) is 6.90. The van der Waals surface area contributed by atoms with E-state index in [0.717, 1.165) is 12.0 Å².